The summed E-state index contributed by atoms with van der Waals surface area (Å²) in [5, 5.41) is 2.72. The molecule has 1 N–H and O–H groups in total. The maximum Gasteiger partial charge on any atom is 0.255 e. The Morgan fingerprint density at radius 2 is 1.93 bits per heavy atom. The molecule has 1 saturated heterocycles. The van der Waals surface area contributed by atoms with Gasteiger partial charge in [-0.1, -0.05) is 0 Å². The maximum atomic E-state index is 12.7. The van der Waals surface area contributed by atoms with Crippen LogP contribution in [-0.4, -0.2) is 59.2 Å². The Bertz CT molecular complexity index is 983. The first-order valence-electron chi connectivity index (χ1n) is 9.57. The Labute approximate surface area is 176 Å². The third-order valence-corrected chi connectivity index (χ3v) is 6.59. The minimum Gasteiger partial charge on any atom is -0.495 e. The standard InChI is InChI=1S/C21H26N2O6S/c1-23(2)30(25,26)18-10-11-20(27-3)19(13-18)22-21(24)15-6-8-16(9-7-15)29-14-17-5-4-12-28-17/h6-11,13,17H,4-5,12,14H2,1-3H3,(H,22,24)/t17-/m0/s1. The number of carbonyl (C=O) groups is 1. The number of hydrogen-bond acceptors (Lipinski definition) is 6. The van der Waals surface area contributed by atoms with Crippen LogP contribution in [0.1, 0.15) is 23.2 Å². The Morgan fingerprint density at radius 1 is 1.20 bits per heavy atom. The zero-order valence-corrected chi connectivity index (χ0v) is 18.1. The van der Waals surface area contributed by atoms with E-state index in [0.29, 0.717) is 23.7 Å². The van der Waals surface area contributed by atoms with Gasteiger partial charge in [0.1, 0.15) is 18.1 Å². The summed E-state index contributed by atoms with van der Waals surface area (Å²) in [7, 11) is 0.695. The molecule has 1 fully saturated rings. The molecule has 1 amide bonds. The van der Waals surface area contributed by atoms with E-state index in [1.807, 2.05) is 0 Å². The van der Waals surface area contributed by atoms with Crippen molar-refractivity contribution in [2.24, 2.45) is 0 Å². The average Bonchev–Trinajstić information content (AvgIpc) is 3.26. The number of nitrogens with zero attached hydrogens (tertiary/aromatic N) is 1. The summed E-state index contributed by atoms with van der Waals surface area (Å²) in [6, 6.07) is 11.0. The Hall–Kier alpha value is -2.62. The number of ether oxygens (including phenoxy) is 3. The molecule has 0 aliphatic carbocycles. The van der Waals surface area contributed by atoms with Crippen LogP contribution in [0.25, 0.3) is 0 Å². The van der Waals surface area contributed by atoms with Crippen molar-refractivity contribution < 1.29 is 27.4 Å². The lowest BCUT2D eigenvalue weighted by Crippen LogP contribution is -2.22. The van der Waals surface area contributed by atoms with Crippen molar-refractivity contribution >= 4 is 21.6 Å². The van der Waals surface area contributed by atoms with Gasteiger partial charge in [-0.15, -0.1) is 0 Å². The van der Waals surface area contributed by atoms with E-state index in [0.717, 1.165) is 23.8 Å². The smallest absolute Gasteiger partial charge is 0.255 e. The third kappa shape index (κ3) is 5.10. The number of carbonyl (C=O) groups excluding carboxylic acids is 1. The van der Waals surface area contributed by atoms with Crippen LogP contribution in [0.3, 0.4) is 0 Å². The largest absolute Gasteiger partial charge is 0.495 e. The van der Waals surface area contributed by atoms with Crippen molar-refractivity contribution in [1.82, 2.24) is 4.31 Å². The molecule has 1 aliphatic heterocycles. The van der Waals surface area contributed by atoms with Crippen LogP contribution in [0.5, 0.6) is 11.5 Å². The van der Waals surface area contributed by atoms with E-state index >= 15 is 0 Å². The van der Waals surface area contributed by atoms with Gasteiger partial charge >= 0.3 is 0 Å². The summed E-state index contributed by atoms with van der Waals surface area (Å²) < 4.78 is 42.4. The van der Waals surface area contributed by atoms with Crippen LogP contribution >= 0.6 is 0 Å². The van der Waals surface area contributed by atoms with Crippen molar-refractivity contribution in [3.8, 4) is 11.5 Å². The predicted molar refractivity (Wildman–Crippen MR) is 113 cm³/mol. The molecule has 0 bridgehead atoms. The van der Waals surface area contributed by atoms with Gasteiger partial charge in [0, 0.05) is 26.3 Å². The summed E-state index contributed by atoms with van der Waals surface area (Å²) in [4.78, 5) is 12.7. The second-order valence-electron chi connectivity index (χ2n) is 7.07. The molecule has 8 nitrogen and oxygen atoms in total. The SMILES string of the molecule is COc1ccc(S(=O)(=O)N(C)C)cc1NC(=O)c1ccc(OC[C@@H]2CCCO2)cc1. The van der Waals surface area contributed by atoms with E-state index in [1.54, 1.807) is 24.3 Å². The number of anilines is 1. The van der Waals surface area contributed by atoms with Gasteiger partial charge in [0.15, 0.2) is 0 Å². The predicted octanol–water partition coefficient (Wildman–Crippen LogP) is 2.76. The van der Waals surface area contributed by atoms with Crippen LogP contribution in [0, 0.1) is 0 Å². The first kappa shape index (κ1) is 22.1. The first-order valence-corrected chi connectivity index (χ1v) is 11.0. The molecule has 2 aromatic carbocycles. The van der Waals surface area contributed by atoms with Gasteiger partial charge in [-0.2, -0.15) is 0 Å². The fraction of sp³-hybridized carbons (Fsp3) is 0.381. The molecule has 0 spiro atoms. The summed E-state index contributed by atoms with van der Waals surface area (Å²) in [6.45, 7) is 1.25. The van der Waals surface area contributed by atoms with Gasteiger partial charge in [-0.25, -0.2) is 12.7 Å². The van der Waals surface area contributed by atoms with Crippen molar-refractivity contribution in [2.75, 3.05) is 39.7 Å². The van der Waals surface area contributed by atoms with Gasteiger partial charge in [0.25, 0.3) is 5.91 Å². The zero-order chi connectivity index (χ0) is 21.7. The summed E-state index contributed by atoms with van der Waals surface area (Å²) in [6.07, 6.45) is 2.16. The molecule has 1 heterocycles. The van der Waals surface area contributed by atoms with E-state index in [1.165, 1.54) is 39.4 Å². The van der Waals surface area contributed by atoms with E-state index in [9.17, 15) is 13.2 Å². The highest BCUT2D eigenvalue weighted by Crippen LogP contribution is 2.29. The quantitative estimate of drug-likeness (QED) is 0.687. The molecule has 0 radical (unpaired) electrons. The molecule has 1 atom stereocenters. The highest BCUT2D eigenvalue weighted by Gasteiger charge is 2.20. The number of rotatable bonds is 8. The lowest BCUT2D eigenvalue weighted by Gasteiger charge is -2.15. The van der Waals surface area contributed by atoms with Gasteiger partial charge in [0.2, 0.25) is 10.0 Å². The molecule has 0 aromatic heterocycles. The molecular weight excluding hydrogens is 408 g/mol. The molecule has 9 heteroatoms. The Kier molecular flexibility index (Phi) is 6.96. The van der Waals surface area contributed by atoms with Crippen LogP contribution in [0.2, 0.25) is 0 Å². The minimum atomic E-state index is -3.64. The van der Waals surface area contributed by atoms with Crippen LogP contribution in [0.4, 0.5) is 5.69 Å². The van der Waals surface area contributed by atoms with Crippen molar-refractivity contribution in [1.29, 1.82) is 0 Å². The summed E-state index contributed by atoms with van der Waals surface area (Å²) in [5.41, 5.74) is 0.673. The van der Waals surface area contributed by atoms with Crippen LogP contribution in [-0.2, 0) is 14.8 Å². The second-order valence-corrected chi connectivity index (χ2v) is 9.23. The molecule has 1 aliphatic rings. The lowest BCUT2D eigenvalue weighted by atomic mass is 10.2. The topological polar surface area (TPSA) is 94.2 Å². The number of methoxy groups -OCH3 is 1. The fourth-order valence-electron chi connectivity index (χ4n) is 3.02. The number of nitrogens with one attached hydrogen (secondary N) is 1. The van der Waals surface area contributed by atoms with Gasteiger partial charge in [-0.3, -0.25) is 4.79 Å². The number of benzene rings is 2. The molecule has 3 rings (SSSR count). The van der Waals surface area contributed by atoms with Gasteiger partial charge in [0.05, 0.1) is 23.8 Å². The number of sulfonamides is 1. The average molecular weight is 435 g/mol. The van der Waals surface area contributed by atoms with Crippen LogP contribution < -0.4 is 14.8 Å². The van der Waals surface area contributed by atoms with Crippen LogP contribution in [0.15, 0.2) is 47.4 Å². The molecule has 0 unspecified atom stereocenters. The molecule has 30 heavy (non-hydrogen) atoms. The fourth-order valence-corrected chi connectivity index (χ4v) is 3.95. The first-order chi connectivity index (χ1) is 14.3. The molecule has 162 valence electrons. The van der Waals surface area contributed by atoms with Crippen molar-refractivity contribution in [2.45, 2.75) is 23.8 Å². The maximum absolute atomic E-state index is 12.7. The number of amides is 1. The lowest BCUT2D eigenvalue weighted by molar-refractivity contribution is 0.0679. The monoisotopic (exact) mass is 434 g/mol. The Morgan fingerprint density at radius 3 is 2.53 bits per heavy atom. The van der Waals surface area contributed by atoms with E-state index < -0.39 is 15.9 Å². The summed E-state index contributed by atoms with van der Waals surface area (Å²) in [5.74, 6) is 0.620. The van der Waals surface area contributed by atoms with E-state index in [4.69, 9.17) is 14.2 Å². The van der Waals surface area contributed by atoms with Gasteiger partial charge < -0.3 is 19.5 Å². The normalized spacial score (nSPS) is 16.5. The molecule has 2 aromatic rings. The third-order valence-electron chi connectivity index (χ3n) is 4.77. The minimum absolute atomic E-state index is 0.0569. The second kappa shape index (κ2) is 9.46. The molecular formula is C21H26N2O6S. The zero-order valence-electron chi connectivity index (χ0n) is 17.3. The van der Waals surface area contributed by atoms with Gasteiger partial charge in [-0.05, 0) is 55.3 Å². The van der Waals surface area contributed by atoms with Crippen molar-refractivity contribution in [3.05, 3.63) is 48.0 Å². The highest BCUT2D eigenvalue weighted by atomic mass is 32.2. The number of hydrogen-bond donors (Lipinski definition) is 1. The molecule has 0 saturated carbocycles. The van der Waals surface area contributed by atoms with Crippen molar-refractivity contribution in [3.63, 3.8) is 0 Å². The highest BCUT2D eigenvalue weighted by molar-refractivity contribution is 7.89. The summed E-state index contributed by atoms with van der Waals surface area (Å²) >= 11 is 0. The Balaban J connectivity index is 1.71. The van der Waals surface area contributed by atoms with E-state index in [2.05, 4.69) is 5.32 Å². The van der Waals surface area contributed by atoms with E-state index in [-0.39, 0.29) is 16.7 Å².